The van der Waals surface area contributed by atoms with Crippen LogP contribution in [0, 0.1) is 13.8 Å². The summed E-state index contributed by atoms with van der Waals surface area (Å²) in [7, 11) is 0. The summed E-state index contributed by atoms with van der Waals surface area (Å²) in [5.74, 6) is -0.489. The van der Waals surface area contributed by atoms with Crippen LogP contribution in [0.3, 0.4) is 0 Å². The minimum atomic E-state index is -0.352. The van der Waals surface area contributed by atoms with Crippen molar-refractivity contribution >= 4 is 34.9 Å². The third-order valence-corrected chi connectivity index (χ3v) is 7.28. The second-order valence-corrected chi connectivity index (χ2v) is 9.34. The first-order valence-electron chi connectivity index (χ1n) is 10.7. The molecule has 1 aromatic heterocycles. The average molecular weight is 416 g/mol. The van der Waals surface area contributed by atoms with Crippen LogP contribution in [0.1, 0.15) is 67.9 Å². The molecule has 3 heterocycles. The number of aryl methyl sites for hydroxylation is 1. The van der Waals surface area contributed by atoms with E-state index in [4.69, 9.17) is 0 Å². The molecule has 4 rings (SSSR count). The van der Waals surface area contributed by atoms with Crippen molar-refractivity contribution < 1.29 is 14.4 Å². The lowest BCUT2D eigenvalue weighted by atomic mass is 9.95. The topological polar surface area (TPSA) is 62.6 Å². The Morgan fingerprint density at radius 3 is 2.48 bits per heavy atom. The van der Waals surface area contributed by atoms with Gasteiger partial charge in [-0.25, -0.2) is 0 Å². The van der Waals surface area contributed by atoms with E-state index in [-0.39, 0.29) is 23.6 Å². The smallest absolute Gasteiger partial charge is 0.294 e. The Morgan fingerprint density at radius 2 is 1.79 bits per heavy atom. The highest BCUT2D eigenvalue weighted by molar-refractivity contribution is 8.18. The minimum Gasteiger partial charge on any atom is -0.346 e. The van der Waals surface area contributed by atoms with Crippen molar-refractivity contribution in [2.24, 2.45) is 0 Å². The molecular weight excluding hydrogens is 386 g/mol. The van der Waals surface area contributed by atoms with Gasteiger partial charge in [-0.05, 0) is 69.0 Å². The number of rotatable bonds is 4. The Bertz CT molecular complexity index is 861. The fraction of sp³-hybridized carbons (Fsp3) is 0.591. The molecule has 3 aliphatic rings. The Balaban J connectivity index is 1.52. The fourth-order valence-electron chi connectivity index (χ4n) is 4.83. The lowest BCUT2D eigenvalue weighted by Gasteiger charge is -2.26. The maximum Gasteiger partial charge on any atom is 0.294 e. The summed E-state index contributed by atoms with van der Waals surface area (Å²) in [5.41, 5.74) is 3.34. The van der Waals surface area contributed by atoms with E-state index in [1.165, 1.54) is 37.8 Å². The monoisotopic (exact) mass is 415 g/mol. The van der Waals surface area contributed by atoms with Crippen molar-refractivity contribution in [1.82, 2.24) is 14.4 Å². The zero-order valence-corrected chi connectivity index (χ0v) is 18.1. The Labute approximate surface area is 176 Å². The Hall–Kier alpha value is -2.02. The standard InChI is InChI=1S/C22H29N3O3S/c1-15-12-17(16(2)25(15)18-8-4-3-5-9-18)13-19-21(27)24(22(28)29-19)14-20(26)23-10-6-7-11-23/h12-13,18H,3-11,14H2,1-2H3/b19-13-. The first-order valence-corrected chi connectivity index (χ1v) is 11.5. The summed E-state index contributed by atoms with van der Waals surface area (Å²) >= 11 is 0.939. The zero-order chi connectivity index (χ0) is 20.5. The second kappa shape index (κ2) is 8.38. The van der Waals surface area contributed by atoms with Crippen LogP contribution < -0.4 is 0 Å². The SMILES string of the molecule is Cc1cc(/C=C2\SC(=O)N(CC(=O)N3CCCC3)C2=O)c(C)n1C1CCCCC1. The number of likely N-dealkylation sites (tertiary alicyclic amines) is 1. The predicted molar refractivity (Wildman–Crippen MR) is 115 cm³/mol. The molecule has 3 fully saturated rings. The summed E-state index contributed by atoms with van der Waals surface area (Å²) in [6.45, 7) is 5.49. The van der Waals surface area contributed by atoms with Gasteiger partial charge in [-0.15, -0.1) is 0 Å². The maximum absolute atomic E-state index is 12.8. The zero-order valence-electron chi connectivity index (χ0n) is 17.3. The number of nitrogens with zero attached hydrogens (tertiary/aromatic N) is 3. The molecule has 0 bridgehead atoms. The molecule has 1 aromatic rings. The first-order chi connectivity index (χ1) is 14.0. The van der Waals surface area contributed by atoms with E-state index in [9.17, 15) is 14.4 Å². The van der Waals surface area contributed by atoms with E-state index < -0.39 is 0 Å². The molecule has 29 heavy (non-hydrogen) atoms. The van der Waals surface area contributed by atoms with Gasteiger partial charge in [0, 0.05) is 30.5 Å². The van der Waals surface area contributed by atoms with Crippen molar-refractivity contribution in [1.29, 1.82) is 0 Å². The number of aromatic nitrogens is 1. The van der Waals surface area contributed by atoms with E-state index in [2.05, 4.69) is 24.5 Å². The van der Waals surface area contributed by atoms with Crippen LogP contribution in [0.5, 0.6) is 0 Å². The highest BCUT2D eigenvalue weighted by Gasteiger charge is 2.37. The maximum atomic E-state index is 12.8. The molecule has 2 aliphatic heterocycles. The summed E-state index contributed by atoms with van der Waals surface area (Å²) in [6, 6.07) is 2.63. The molecule has 1 aliphatic carbocycles. The number of imide groups is 1. The molecule has 0 unspecified atom stereocenters. The molecule has 0 N–H and O–H groups in total. The Kier molecular flexibility index (Phi) is 5.86. The van der Waals surface area contributed by atoms with Crippen molar-refractivity contribution in [3.05, 3.63) is 27.9 Å². The van der Waals surface area contributed by atoms with Crippen LogP contribution >= 0.6 is 11.8 Å². The van der Waals surface area contributed by atoms with Crippen molar-refractivity contribution in [2.75, 3.05) is 19.6 Å². The molecule has 0 atom stereocenters. The van der Waals surface area contributed by atoms with Gasteiger partial charge in [0.15, 0.2) is 0 Å². The lowest BCUT2D eigenvalue weighted by Crippen LogP contribution is -2.40. The first kappa shape index (κ1) is 20.3. The van der Waals surface area contributed by atoms with Gasteiger partial charge in [-0.3, -0.25) is 19.3 Å². The molecule has 6 nitrogen and oxygen atoms in total. The van der Waals surface area contributed by atoms with Crippen LogP contribution in [0.2, 0.25) is 0 Å². The summed E-state index contributed by atoms with van der Waals surface area (Å²) in [5, 5.41) is -0.352. The van der Waals surface area contributed by atoms with Crippen LogP contribution in [0.15, 0.2) is 11.0 Å². The van der Waals surface area contributed by atoms with E-state index in [0.29, 0.717) is 10.9 Å². The summed E-state index contributed by atoms with van der Waals surface area (Å²) in [6.07, 6.45) is 10.0. The average Bonchev–Trinajstić information content (AvgIpc) is 3.40. The van der Waals surface area contributed by atoms with Gasteiger partial charge in [0.2, 0.25) is 5.91 Å². The van der Waals surface area contributed by atoms with E-state index in [1.807, 2.05) is 6.08 Å². The Morgan fingerprint density at radius 1 is 1.10 bits per heavy atom. The van der Waals surface area contributed by atoms with Crippen LogP contribution in [0.4, 0.5) is 4.79 Å². The molecule has 7 heteroatoms. The molecule has 1 saturated carbocycles. The van der Waals surface area contributed by atoms with Gasteiger partial charge in [-0.1, -0.05) is 19.3 Å². The molecule has 0 aromatic carbocycles. The van der Waals surface area contributed by atoms with E-state index in [1.54, 1.807) is 4.90 Å². The summed E-state index contributed by atoms with van der Waals surface area (Å²) < 4.78 is 2.39. The predicted octanol–water partition coefficient (Wildman–Crippen LogP) is 4.27. The molecule has 0 radical (unpaired) electrons. The van der Waals surface area contributed by atoms with Crippen LogP contribution in [-0.2, 0) is 9.59 Å². The van der Waals surface area contributed by atoms with Crippen molar-refractivity contribution in [3.63, 3.8) is 0 Å². The number of thioether (sulfide) groups is 1. The van der Waals surface area contributed by atoms with Crippen LogP contribution in [0.25, 0.3) is 6.08 Å². The summed E-state index contributed by atoms with van der Waals surface area (Å²) in [4.78, 5) is 40.8. The van der Waals surface area contributed by atoms with Crippen molar-refractivity contribution in [3.8, 4) is 0 Å². The number of carbonyl (C=O) groups is 3. The third-order valence-electron chi connectivity index (χ3n) is 6.38. The van der Waals surface area contributed by atoms with Gasteiger partial charge in [0.1, 0.15) is 6.54 Å². The molecular formula is C22H29N3O3S. The fourth-order valence-corrected chi connectivity index (χ4v) is 5.66. The highest BCUT2D eigenvalue weighted by Crippen LogP contribution is 2.36. The minimum absolute atomic E-state index is 0.137. The quantitative estimate of drug-likeness (QED) is 0.689. The van der Waals surface area contributed by atoms with Gasteiger partial charge >= 0.3 is 0 Å². The molecule has 3 amide bonds. The van der Waals surface area contributed by atoms with Gasteiger partial charge in [0.25, 0.3) is 11.1 Å². The van der Waals surface area contributed by atoms with Crippen molar-refractivity contribution in [2.45, 2.75) is 64.8 Å². The molecule has 0 spiro atoms. The van der Waals surface area contributed by atoms with Gasteiger partial charge in [0.05, 0.1) is 4.91 Å². The van der Waals surface area contributed by atoms with E-state index in [0.717, 1.165) is 53.9 Å². The van der Waals surface area contributed by atoms with Crippen LogP contribution in [-0.4, -0.2) is 51.1 Å². The number of hydrogen-bond donors (Lipinski definition) is 0. The molecule has 2 saturated heterocycles. The third kappa shape index (κ3) is 4.02. The van der Waals surface area contributed by atoms with Gasteiger partial charge < -0.3 is 9.47 Å². The number of carbonyl (C=O) groups excluding carboxylic acids is 3. The highest BCUT2D eigenvalue weighted by atomic mass is 32.2. The lowest BCUT2D eigenvalue weighted by molar-refractivity contribution is -0.135. The number of hydrogen-bond acceptors (Lipinski definition) is 4. The number of amides is 3. The van der Waals surface area contributed by atoms with E-state index >= 15 is 0 Å². The normalized spacial score (nSPS) is 22.3. The largest absolute Gasteiger partial charge is 0.346 e. The second-order valence-electron chi connectivity index (χ2n) is 8.34. The molecule has 156 valence electrons. The van der Waals surface area contributed by atoms with Gasteiger partial charge in [-0.2, -0.15) is 0 Å².